The molecule has 3 aromatic rings. The van der Waals surface area contributed by atoms with Crippen molar-refractivity contribution < 1.29 is 14.3 Å². The summed E-state index contributed by atoms with van der Waals surface area (Å²) in [6.45, 7) is 3.00. The van der Waals surface area contributed by atoms with Crippen molar-refractivity contribution in [2.24, 2.45) is 7.05 Å². The molecule has 0 saturated carbocycles. The van der Waals surface area contributed by atoms with Crippen LogP contribution in [0.2, 0.25) is 0 Å². The van der Waals surface area contributed by atoms with Gasteiger partial charge in [-0.1, -0.05) is 60.7 Å². The fourth-order valence-electron chi connectivity index (χ4n) is 4.10. The Kier molecular flexibility index (Phi) is 5.65. The zero-order chi connectivity index (χ0) is 21.1. The SMILES string of the molecule is CCOC(=O)c1c2c(nn1C)CCN(C(=O)C(c1ccccc1)c1ccccc1)C2. The summed E-state index contributed by atoms with van der Waals surface area (Å²) >= 11 is 0. The van der Waals surface area contributed by atoms with Crippen molar-refractivity contribution in [3.05, 3.63) is 88.7 Å². The van der Waals surface area contributed by atoms with Gasteiger partial charge >= 0.3 is 5.97 Å². The van der Waals surface area contributed by atoms with Crippen LogP contribution in [0.1, 0.15) is 45.7 Å². The first-order valence-electron chi connectivity index (χ1n) is 10.2. The van der Waals surface area contributed by atoms with Crippen LogP contribution < -0.4 is 0 Å². The van der Waals surface area contributed by atoms with Crippen molar-refractivity contribution in [1.29, 1.82) is 0 Å². The van der Waals surface area contributed by atoms with Crippen molar-refractivity contribution in [2.75, 3.05) is 13.2 Å². The van der Waals surface area contributed by atoms with E-state index in [4.69, 9.17) is 4.74 Å². The lowest BCUT2D eigenvalue weighted by molar-refractivity contribution is -0.132. The monoisotopic (exact) mass is 403 g/mol. The maximum absolute atomic E-state index is 13.7. The second-order valence-electron chi connectivity index (χ2n) is 7.38. The van der Waals surface area contributed by atoms with E-state index in [2.05, 4.69) is 5.10 Å². The predicted octanol–water partition coefficient (Wildman–Crippen LogP) is 3.31. The predicted molar refractivity (Wildman–Crippen MR) is 113 cm³/mol. The van der Waals surface area contributed by atoms with Gasteiger partial charge in [-0.25, -0.2) is 4.79 Å². The minimum absolute atomic E-state index is 0.0247. The molecule has 1 aromatic heterocycles. The second-order valence-corrected chi connectivity index (χ2v) is 7.38. The summed E-state index contributed by atoms with van der Waals surface area (Å²) in [5.41, 5.74) is 3.99. The number of amides is 1. The summed E-state index contributed by atoms with van der Waals surface area (Å²) in [6, 6.07) is 19.6. The summed E-state index contributed by atoms with van der Waals surface area (Å²) < 4.78 is 6.78. The lowest BCUT2D eigenvalue weighted by Gasteiger charge is -2.31. The molecule has 0 unspecified atom stereocenters. The van der Waals surface area contributed by atoms with Gasteiger partial charge in [0.05, 0.1) is 18.2 Å². The molecule has 0 atom stereocenters. The number of benzene rings is 2. The fraction of sp³-hybridized carbons (Fsp3) is 0.292. The molecule has 1 aliphatic heterocycles. The van der Waals surface area contributed by atoms with Crippen LogP contribution in [0.15, 0.2) is 60.7 Å². The van der Waals surface area contributed by atoms with E-state index in [1.54, 1.807) is 18.7 Å². The Morgan fingerprint density at radius 2 is 1.63 bits per heavy atom. The van der Waals surface area contributed by atoms with Crippen LogP contribution in [0.4, 0.5) is 0 Å². The van der Waals surface area contributed by atoms with Gasteiger partial charge in [0.15, 0.2) is 5.69 Å². The standard InChI is InChI=1S/C24H25N3O3/c1-3-30-24(29)22-19-16-27(15-14-20(19)25-26(22)2)23(28)21(17-10-6-4-7-11-17)18-12-8-5-9-13-18/h4-13,21H,3,14-16H2,1-2H3. The van der Waals surface area contributed by atoms with Crippen LogP contribution in [0.3, 0.4) is 0 Å². The molecule has 2 heterocycles. The first kappa shape index (κ1) is 19.9. The molecular weight excluding hydrogens is 378 g/mol. The van der Waals surface area contributed by atoms with E-state index in [0.29, 0.717) is 31.8 Å². The van der Waals surface area contributed by atoms with E-state index in [1.165, 1.54) is 0 Å². The number of ether oxygens (including phenoxy) is 1. The molecule has 30 heavy (non-hydrogen) atoms. The average Bonchev–Trinajstić information content (AvgIpc) is 3.10. The van der Waals surface area contributed by atoms with Gasteiger partial charge in [0.2, 0.25) is 5.91 Å². The number of nitrogens with zero attached hydrogens (tertiary/aromatic N) is 3. The number of hydrogen-bond donors (Lipinski definition) is 0. The molecule has 0 radical (unpaired) electrons. The first-order chi connectivity index (χ1) is 14.6. The zero-order valence-electron chi connectivity index (χ0n) is 17.2. The molecule has 0 bridgehead atoms. The minimum Gasteiger partial charge on any atom is -0.461 e. The Labute approximate surface area is 176 Å². The highest BCUT2D eigenvalue weighted by Crippen LogP contribution is 2.30. The van der Waals surface area contributed by atoms with Gasteiger partial charge < -0.3 is 9.64 Å². The van der Waals surface area contributed by atoms with Crippen LogP contribution >= 0.6 is 0 Å². The smallest absolute Gasteiger partial charge is 0.356 e. The van der Waals surface area contributed by atoms with E-state index in [9.17, 15) is 9.59 Å². The highest BCUT2D eigenvalue weighted by Gasteiger charge is 2.33. The van der Waals surface area contributed by atoms with Gasteiger partial charge in [-0.2, -0.15) is 5.10 Å². The number of aromatic nitrogens is 2. The summed E-state index contributed by atoms with van der Waals surface area (Å²) in [5.74, 6) is -0.765. The molecule has 154 valence electrons. The third-order valence-corrected chi connectivity index (χ3v) is 5.49. The van der Waals surface area contributed by atoms with Crippen LogP contribution in [0.5, 0.6) is 0 Å². The quantitative estimate of drug-likeness (QED) is 0.613. The molecule has 0 aliphatic carbocycles. The van der Waals surface area contributed by atoms with Crippen molar-refractivity contribution >= 4 is 11.9 Å². The maximum Gasteiger partial charge on any atom is 0.356 e. The average molecular weight is 403 g/mol. The highest BCUT2D eigenvalue weighted by atomic mass is 16.5. The topological polar surface area (TPSA) is 64.4 Å². The maximum atomic E-state index is 13.7. The number of esters is 1. The molecular formula is C24H25N3O3. The molecule has 0 fully saturated rings. The van der Waals surface area contributed by atoms with Crippen molar-refractivity contribution in [3.63, 3.8) is 0 Å². The number of carbonyl (C=O) groups is 2. The largest absolute Gasteiger partial charge is 0.461 e. The van der Waals surface area contributed by atoms with Crippen molar-refractivity contribution in [2.45, 2.75) is 25.8 Å². The number of aryl methyl sites for hydroxylation is 1. The normalized spacial score (nSPS) is 13.2. The number of fused-ring (bicyclic) bond motifs is 1. The Morgan fingerprint density at radius 3 is 2.20 bits per heavy atom. The van der Waals surface area contributed by atoms with Gasteiger partial charge in [-0.15, -0.1) is 0 Å². The third kappa shape index (κ3) is 3.73. The third-order valence-electron chi connectivity index (χ3n) is 5.49. The summed E-state index contributed by atoms with van der Waals surface area (Å²) in [4.78, 5) is 28.0. The zero-order valence-corrected chi connectivity index (χ0v) is 17.2. The molecule has 0 spiro atoms. The van der Waals surface area contributed by atoms with Crippen LogP contribution in [-0.4, -0.2) is 39.7 Å². The Morgan fingerprint density at radius 1 is 1.03 bits per heavy atom. The highest BCUT2D eigenvalue weighted by molar-refractivity contribution is 5.91. The van der Waals surface area contributed by atoms with Gasteiger partial charge in [-0.3, -0.25) is 9.48 Å². The Bertz CT molecular complexity index is 1000. The molecule has 6 nitrogen and oxygen atoms in total. The molecule has 1 amide bonds. The molecule has 6 heteroatoms. The minimum atomic E-state index is -0.397. The van der Waals surface area contributed by atoms with Crippen LogP contribution in [0.25, 0.3) is 0 Å². The molecule has 0 N–H and O–H groups in total. The van der Waals surface area contributed by atoms with Crippen molar-refractivity contribution in [3.8, 4) is 0 Å². The van der Waals surface area contributed by atoms with Crippen molar-refractivity contribution in [1.82, 2.24) is 14.7 Å². The number of rotatable bonds is 5. The second kappa shape index (κ2) is 8.53. The fourth-order valence-corrected chi connectivity index (χ4v) is 4.10. The van der Waals surface area contributed by atoms with Gasteiger partial charge in [0.25, 0.3) is 0 Å². The number of carbonyl (C=O) groups excluding carboxylic acids is 2. The Hall–Kier alpha value is -3.41. The van der Waals surface area contributed by atoms with Crippen LogP contribution in [-0.2, 0) is 29.5 Å². The van der Waals surface area contributed by atoms with E-state index in [1.807, 2.05) is 65.6 Å². The summed E-state index contributed by atoms with van der Waals surface area (Å²) in [5, 5.41) is 4.49. The lowest BCUT2D eigenvalue weighted by atomic mass is 9.89. The van der Waals surface area contributed by atoms with Gasteiger partial charge in [-0.05, 0) is 18.1 Å². The van der Waals surface area contributed by atoms with E-state index < -0.39 is 11.9 Å². The van der Waals surface area contributed by atoms with E-state index >= 15 is 0 Å². The molecule has 2 aromatic carbocycles. The number of hydrogen-bond acceptors (Lipinski definition) is 4. The van der Waals surface area contributed by atoms with Crippen LogP contribution in [0, 0.1) is 0 Å². The van der Waals surface area contributed by atoms with Gasteiger partial charge in [0.1, 0.15) is 0 Å². The molecule has 1 aliphatic rings. The molecule has 4 rings (SSSR count). The van der Waals surface area contributed by atoms with E-state index in [-0.39, 0.29) is 5.91 Å². The lowest BCUT2D eigenvalue weighted by Crippen LogP contribution is -2.39. The Balaban J connectivity index is 1.67. The summed E-state index contributed by atoms with van der Waals surface area (Å²) in [7, 11) is 1.74. The first-order valence-corrected chi connectivity index (χ1v) is 10.2. The van der Waals surface area contributed by atoms with E-state index in [0.717, 1.165) is 22.4 Å². The van der Waals surface area contributed by atoms with Gasteiger partial charge in [0, 0.05) is 32.1 Å². The summed E-state index contributed by atoms with van der Waals surface area (Å²) in [6.07, 6.45) is 0.616. The molecule has 0 saturated heterocycles.